The Kier molecular flexibility index (Phi) is 6.81. The highest BCUT2D eigenvalue weighted by Gasteiger charge is 2.35. The summed E-state index contributed by atoms with van der Waals surface area (Å²) in [7, 11) is 2.93. The van der Waals surface area contributed by atoms with Crippen molar-refractivity contribution in [2.45, 2.75) is 6.18 Å². The van der Waals surface area contributed by atoms with Gasteiger partial charge in [0.1, 0.15) is 12.4 Å². The summed E-state index contributed by atoms with van der Waals surface area (Å²) >= 11 is 0. The lowest BCUT2D eigenvalue weighted by molar-refractivity contribution is -0.138. The largest absolute Gasteiger partial charge is 0.492 e. The average molecular weight is 313 g/mol. The van der Waals surface area contributed by atoms with E-state index in [0.29, 0.717) is 0 Å². The third-order valence-corrected chi connectivity index (χ3v) is 2.31. The zero-order valence-electron chi connectivity index (χ0n) is 11.0. The first kappa shape index (κ1) is 18.5. The maximum absolute atomic E-state index is 12.9. The number of nitrogens with two attached hydrogens (primary N) is 1. The summed E-state index contributed by atoms with van der Waals surface area (Å²) in [5.41, 5.74) is 4.16. The molecule has 0 fully saturated rings. The molecule has 4 nitrogen and oxygen atoms in total. The maximum Gasteiger partial charge on any atom is 0.419 e. The van der Waals surface area contributed by atoms with Crippen molar-refractivity contribution >= 4 is 18.3 Å². The topological polar surface area (TPSA) is 55.6 Å². The lowest BCUT2D eigenvalue weighted by Crippen LogP contribution is -2.22. The first-order valence-electron chi connectivity index (χ1n) is 5.53. The molecule has 0 aromatic heterocycles. The average Bonchev–Trinajstić information content (AvgIpc) is 2.34. The summed E-state index contributed by atoms with van der Waals surface area (Å²) < 4.78 is 43.6. The van der Waals surface area contributed by atoms with Gasteiger partial charge in [0.25, 0.3) is 5.91 Å². The molecule has 0 aliphatic heterocycles. The Hall–Kier alpha value is -1.47. The van der Waals surface area contributed by atoms with Crippen LogP contribution in [-0.2, 0) is 6.18 Å². The second kappa shape index (κ2) is 7.35. The van der Waals surface area contributed by atoms with E-state index >= 15 is 0 Å². The van der Waals surface area contributed by atoms with Gasteiger partial charge in [-0.3, -0.25) is 4.79 Å². The number of carbonyl (C=O) groups excluding carboxylic acids is 1. The minimum absolute atomic E-state index is 0. The zero-order chi connectivity index (χ0) is 14.6. The Balaban J connectivity index is 0.00000361. The first-order chi connectivity index (χ1) is 8.77. The van der Waals surface area contributed by atoms with Crippen LogP contribution in [0.5, 0.6) is 5.75 Å². The fraction of sp³-hybridized carbons (Fsp3) is 0.417. The van der Waals surface area contributed by atoms with Gasteiger partial charge >= 0.3 is 6.18 Å². The molecule has 1 amide bonds. The Morgan fingerprint density at radius 2 is 1.95 bits per heavy atom. The highest BCUT2D eigenvalue weighted by atomic mass is 35.5. The fourth-order valence-electron chi connectivity index (χ4n) is 1.44. The van der Waals surface area contributed by atoms with Crippen molar-refractivity contribution in [1.29, 1.82) is 0 Å². The van der Waals surface area contributed by atoms with Gasteiger partial charge in [0.05, 0.1) is 5.56 Å². The standard InChI is InChI=1S/C12H15F3N2O2.ClH/c1-17(2)11(18)8-3-4-10(19-6-5-16)9(7-8)12(13,14)15;/h3-4,7H,5-6,16H2,1-2H3;1H. The van der Waals surface area contributed by atoms with Crippen LogP contribution in [0.15, 0.2) is 18.2 Å². The molecule has 0 radical (unpaired) electrons. The Bertz CT molecular complexity index is 465. The molecule has 0 heterocycles. The highest BCUT2D eigenvalue weighted by Crippen LogP contribution is 2.36. The van der Waals surface area contributed by atoms with E-state index in [1.807, 2.05) is 0 Å². The molecule has 1 aromatic rings. The van der Waals surface area contributed by atoms with E-state index in [1.165, 1.54) is 25.1 Å². The molecule has 0 saturated heterocycles. The highest BCUT2D eigenvalue weighted by molar-refractivity contribution is 5.94. The molecule has 0 aliphatic rings. The molecule has 0 bridgehead atoms. The van der Waals surface area contributed by atoms with Gasteiger partial charge in [-0.15, -0.1) is 12.4 Å². The van der Waals surface area contributed by atoms with Crippen LogP contribution < -0.4 is 10.5 Å². The molecular formula is C12H16ClF3N2O2. The minimum atomic E-state index is -4.59. The predicted molar refractivity (Wildman–Crippen MR) is 71.3 cm³/mol. The number of nitrogens with zero attached hydrogens (tertiary/aromatic N) is 1. The van der Waals surface area contributed by atoms with Gasteiger partial charge in [-0.1, -0.05) is 0 Å². The maximum atomic E-state index is 12.9. The molecule has 1 aromatic carbocycles. The molecular weight excluding hydrogens is 297 g/mol. The Morgan fingerprint density at radius 1 is 1.35 bits per heavy atom. The number of hydrogen-bond donors (Lipinski definition) is 1. The SMILES string of the molecule is CN(C)C(=O)c1ccc(OCCN)c(C(F)(F)F)c1.Cl. The monoisotopic (exact) mass is 312 g/mol. The molecule has 2 N–H and O–H groups in total. The van der Waals surface area contributed by atoms with Crippen molar-refractivity contribution in [3.8, 4) is 5.75 Å². The molecule has 0 spiro atoms. The number of amides is 1. The quantitative estimate of drug-likeness (QED) is 0.927. The smallest absolute Gasteiger partial charge is 0.419 e. The molecule has 0 atom stereocenters. The van der Waals surface area contributed by atoms with Crippen LogP contribution in [0.3, 0.4) is 0 Å². The van der Waals surface area contributed by atoms with Crippen molar-refractivity contribution in [2.75, 3.05) is 27.2 Å². The van der Waals surface area contributed by atoms with Crippen molar-refractivity contribution in [3.63, 3.8) is 0 Å². The third kappa shape index (κ3) is 4.57. The lowest BCUT2D eigenvalue weighted by Gasteiger charge is -2.16. The van der Waals surface area contributed by atoms with E-state index in [1.54, 1.807) is 0 Å². The molecule has 20 heavy (non-hydrogen) atoms. The van der Waals surface area contributed by atoms with E-state index < -0.39 is 17.6 Å². The Labute approximate surface area is 121 Å². The molecule has 1 rings (SSSR count). The normalized spacial score (nSPS) is 10.7. The van der Waals surface area contributed by atoms with Crippen LogP contribution in [0.2, 0.25) is 0 Å². The van der Waals surface area contributed by atoms with Gasteiger partial charge in [-0.25, -0.2) is 0 Å². The van der Waals surface area contributed by atoms with Gasteiger partial charge < -0.3 is 15.4 Å². The summed E-state index contributed by atoms with van der Waals surface area (Å²) in [6.45, 7) is 0.0831. The van der Waals surface area contributed by atoms with Gasteiger partial charge in [0, 0.05) is 26.2 Å². The Morgan fingerprint density at radius 3 is 2.40 bits per heavy atom. The minimum Gasteiger partial charge on any atom is -0.492 e. The van der Waals surface area contributed by atoms with E-state index in [0.717, 1.165) is 12.1 Å². The summed E-state index contributed by atoms with van der Waals surface area (Å²) in [6.07, 6.45) is -4.59. The van der Waals surface area contributed by atoms with Crippen LogP contribution in [-0.4, -0.2) is 38.1 Å². The number of ether oxygens (including phenoxy) is 1. The van der Waals surface area contributed by atoms with E-state index in [9.17, 15) is 18.0 Å². The molecule has 0 unspecified atom stereocenters. The number of rotatable bonds is 4. The summed E-state index contributed by atoms with van der Waals surface area (Å²) in [5, 5.41) is 0. The second-order valence-corrected chi connectivity index (χ2v) is 4.05. The number of alkyl halides is 3. The van der Waals surface area contributed by atoms with Gasteiger partial charge in [0.2, 0.25) is 0 Å². The second-order valence-electron chi connectivity index (χ2n) is 4.05. The van der Waals surface area contributed by atoms with Crippen molar-refractivity contribution in [3.05, 3.63) is 29.3 Å². The molecule has 114 valence electrons. The summed E-state index contributed by atoms with van der Waals surface area (Å²) in [5.74, 6) is -0.830. The predicted octanol–water partition coefficient (Wildman–Crippen LogP) is 2.17. The van der Waals surface area contributed by atoms with Gasteiger partial charge in [-0.05, 0) is 18.2 Å². The van der Waals surface area contributed by atoms with Crippen molar-refractivity contribution in [1.82, 2.24) is 4.90 Å². The molecule has 0 aliphatic carbocycles. The van der Waals surface area contributed by atoms with Crippen LogP contribution in [0.1, 0.15) is 15.9 Å². The van der Waals surface area contributed by atoms with Gasteiger partial charge in [0.15, 0.2) is 0 Å². The molecule has 8 heteroatoms. The van der Waals surface area contributed by atoms with Crippen LogP contribution >= 0.6 is 12.4 Å². The van der Waals surface area contributed by atoms with Crippen molar-refractivity contribution in [2.24, 2.45) is 5.73 Å². The summed E-state index contributed by atoms with van der Waals surface area (Å²) in [4.78, 5) is 12.9. The first-order valence-corrected chi connectivity index (χ1v) is 5.53. The van der Waals surface area contributed by atoms with E-state index in [4.69, 9.17) is 10.5 Å². The summed E-state index contributed by atoms with van der Waals surface area (Å²) in [6, 6.07) is 3.22. The fourth-order valence-corrected chi connectivity index (χ4v) is 1.44. The number of carbonyl (C=O) groups is 1. The van der Waals surface area contributed by atoms with E-state index in [2.05, 4.69) is 0 Å². The lowest BCUT2D eigenvalue weighted by atomic mass is 10.1. The number of benzene rings is 1. The van der Waals surface area contributed by atoms with Crippen molar-refractivity contribution < 1.29 is 22.7 Å². The number of halogens is 4. The molecule has 0 saturated carbocycles. The van der Waals surface area contributed by atoms with E-state index in [-0.39, 0.29) is 36.9 Å². The zero-order valence-corrected chi connectivity index (χ0v) is 11.8. The van der Waals surface area contributed by atoms with Crippen LogP contribution in [0, 0.1) is 0 Å². The third-order valence-electron chi connectivity index (χ3n) is 2.31. The van der Waals surface area contributed by atoms with Gasteiger partial charge in [-0.2, -0.15) is 13.2 Å². The van der Waals surface area contributed by atoms with Crippen LogP contribution in [0.25, 0.3) is 0 Å². The van der Waals surface area contributed by atoms with Crippen LogP contribution in [0.4, 0.5) is 13.2 Å². The number of hydrogen-bond acceptors (Lipinski definition) is 3.